The lowest BCUT2D eigenvalue weighted by atomic mass is 10.2. The minimum absolute atomic E-state index is 0.0696. The number of hydrogen-bond acceptors (Lipinski definition) is 4. The first-order valence-corrected chi connectivity index (χ1v) is 9.44. The van der Waals surface area contributed by atoms with Gasteiger partial charge in [-0.15, -0.1) is 0 Å². The van der Waals surface area contributed by atoms with Crippen molar-refractivity contribution >= 4 is 39.4 Å². The van der Waals surface area contributed by atoms with Crippen molar-refractivity contribution < 1.29 is 18.0 Å². The number of aromatic nitrogens is 1. The molecule has 1 saturated heterocycles. The fourth-order valence-electron chi connectivity index (χ4n) is 2.68. The van der Waals surface area contributed by atoms with Crippen LogP contribution in [0, 0.1) is 0 Å². The van der Waals surface area contributed by atoms with Crippen molar-refractivity contribution in [1.29, 1.82) is 0 Å². The van der Waals surface area contributed by atoms with Gasteiger partial charge in [0.05, 0.1) is 0 Å². The Morgan fingerprint density at radius 3 is 2.23 bits per heavy atom. The quantitative estimate of drug-likeness (QED) is 0.655. The number of carbonyl (C=O) groups is 1. The number of hydrogen-bond donors (Lipinski definition) is 0. The van der Waals surface area contributed by atoms with Gasteiger partial charge in [-0.3, -0.25) is 4.79 Å². The molecule has 3 rings (SSSR count). The number of amides is 1. The first-order chi connectivity index (χ1) is 12.3. The average molecular weight is 446 g/mol. The average Bonchev–Trinajstić information content (AvgIpc) is 2.61. The van der Waals surface area contributed by atoms with Gasteiger partial charge in [0.1, 0.15) is 5.82 Å². The smallest absolute Gasteiger partial charge is 0.353 e. The van der Waals surface area contributed by atoms with Crippen LogP contribution in [-0.2, 0) is 0 Å². The van der Waals surface area contributed by atoms with Crippen LogP contribution in [0.5, 0.6) is 0 Å². The van der Waals surface area contributed by atoms with Crippen LogP contribution in [0.2, 0.25) is 0 Å². The number of thioether (sulfide) groups is 1. The van der Waals surface area contributed by atoms with Crippen LogP contribution in [0.25, 0.3) is 0 Å². The molecule has 0 bridgehead atoms. The van der Waals surface area contributed by atoms with E-state index in [1.54, 1.807) is 11.1 Å². The maximum atomic E-state index is 12.5. The molecule has 1 amide bonds. The first kappa shape index (κ1) is 19.0. The zero-order valence-electron chi connectivity index (χ0n) is 13.5. The molecule has 138 valence electrons. The number of benzene rings is 1. The molecule has 0 unspecified atom stereocenters. The van der Waals surface area contributed by atoms with Crippen molar-refractivity contribution in [3.05, 3.63) is 52.6 Å². The minimum atomic E-state index is -4.33. The molecule has 9 heteroatoms. The zero-order chi connectivity index (χ0) is 18.7. The Morgan fingerprint density at radius 2 is 1.69 bits per heavy atom. The predicted molar refractivity (Wildman–Crippen MR) is 98.4 cm³/mol. The van der Waals surface area contributed by atoms with Crippen molar-refractivity contribution in [2.75, 3.05) is 31.1 Å². The molecule has 0 N–H and O–H groups in total. The van der Waals surface area contributed by atoms with E-state index < -0.39 is 5.51 Å². The lowest BCUT2D eigenvalue weighted by Crippen LogP contribution is -2.49. The third-order valence-electron chi connectivity index (χ3n) is 3.94. The Kier molecular flexibility index (Phi) is 5.76. The van der Waals surface area contributed by atoms with Gasteiger partial charge < -0.3 is 9.80 Å². The highest BCUT2D eigenvalue weighted by atomic mass is 79.9. The second kappa shape index (κ2) is 7.87. The van der Waals surface area contributed by atoms with Crippen LogP contribution in [0.3, 0.4) is 0 Å². The predicted octanol–water partition coefficient (Wildman–Crippen LogP) is 4.42. The Labute approximate surface area is 161 Å². The molecule has 0 radical (unpaired) electrons. The van der Waals surface area contributed by atoms with E-state index >= 15 is 0 Å². The summed E-state index contributed by atoms with van der Waals surface area (Å²) in [4.78, 5) is 20.8. The largest absolute Gasteiger partial charge is 0.446 e. The van der Waals surface area contributed by atoms with E-state index in [1.165, 1.54) is 24.3 Å². The second-order valence-corrected chi connectivity index (χ2v) is 7.74. The van der Waals surface area contributed by atoms with Gasteiger partial charge in [-0.2, -0.15) is 13.2 Å². The normalized spacial score (nSPS) is 15.2. The van der Waals surface area contributed by atoms with Crippen molar-refractivity contribution in [2.24, 2.45) is 0 Å². The van der Waals surface area contributed by atoms with E-state index in [2.05, 4.69) is 25.8 Å². The number of carbonyl (C=O) groups excluding carboxylic acids is 1. The van der Waals surface area contributed by atoms with Crippen LogP contribution in [0.15, 0.2) is 52.0 Å². The summed E-state index contributed by atoms with van der Waals surface area (Å²) in [5.74, 6) is 0.686. The Bertz CT molecular complexity index is 760. The van der Waals surface area contributed by atoms with Crippen molar-refractivity contribution in [3.63, 3.8) is 0 Å². The lowest BCUT2D eigenvalue weighted by Gasteiger charge is -2.35. The van der Waals surface area contributed by atoms with Gasteiger partial charge in [-0.25, -0.2) is 4.98 Å². The molecule has 4 nitrogen and oxygen atoms in total. The molecule has 2 heterocycles. The third kappa shape index (κ3) is 4.91. The second-order valence-electron chi connectivity index (χ2n) is 5.69. The molecule has 0 saturated carbocycles. The van der Waals surface area contributed by atoms with Crippen molar-refractivity contribution in [1.82, 2.24) is 9.88 Å². The molecule has 1 aliphatic heterocycles. The summed E-state index contributed by atoms with van der Waals surface area (Å²) in [5.41, 5.74) is -3.94. The van der Waals surface area contributed by atoms with Gasteiger partial charge >= 0.3 is 5.51 Å². The lowest BCUT2D eigenvalue weighted by molar-refractivity contribution is -0.0328. The van der Waals surface area contributed by atoms with Crippen molar-refractivity contribution in [2.45, 2.75) is 10.4 Å². The molecule has 26 heavy (non-hydrogen) atoms. The summed E-state index contributed by atoms with van der Waals surface area (Å²) in [6, 6.07) is 9.37. The molecule has 0 aliphatic carbocycles. The fraction of sp³-hybridized carbons (Fsp3) is 0.294. The molecular weight excluding hydrogens is 431 g/mol. The van der Waals surface area contributed by atoms with E-state index in [0.717, 1.165) is 10.3 Å². The van der Waals surface area contributed by atoms with E-state index in [9.17, 15) is 18.0 Å². The number of anilines is 1. The number of rotatable bonds is 3. The van der Waals surface area contributed by atoms with E-state index in [0.29, 0.717) is 31.7 Å². The number of nitrogens with zero attached hydrogens (tertiary/aromatic N) is 3. The van der Waals surface area contributed by atoms with Gasteiger partial charge in [0.15, 0.2) is 0 Å². The topological polar surface area (TPSA) is 36.4 Å². The number of halogens is 4. The van der Waals surface area contributed by atoms with Crippen LogP contribution < -0.4 is 4.90 Å². The Balaban J connectivity index is 1.59. The molecule has 1 aromatic heterocycles. The van der Waals surface area contributed by atoms with Gasteiger partial charge in [0.25, 0.3) is 5.91 Å². The Hall–Kier alpha value is -1.74. The molecule has 0 atom stereocenters. The van der Waals surface area contributed by atoms with Crippen LogP contribution in [0.1, 0.15) is 10.4 Å². The summed E-state index contributed by atoms with van der Waals surface area (Å²) in [6.45, 7) is 2.38. The van der Waals surface area contributed by atoms with E-state index in [1.807, 2.05) is 12.1 Å². The highest BCUT2D eigenvalue weighted by Crippen LogP contribution is 2.36. The SMILES string of the molecule is O=C(c1ccc(SC(F)(F)F)cc1)N1CCN(c2ccc(Br)cn2)CC1. The maximum absolute atomic E-state index is 12.5. The number of alkyl halides is 3. The number of pyridine rings is 1. The molecule has 1 aromatic carbocycles. The minimum Gasteiger partial charge on any atom is -0.353 e. The van der Waals surface area contributed by atoms with Crippen LogP contribution in [-0.4, -0.2) is 47.5 Å². The molecule has 0 spiro atoms. The van der Waals surface area contributed by atoms with Gasteiger partial charge in [0, 0.05) is 47.3 Å². The van der Waals surface area contributed by atoms with Crippen molar-refractivity contribution in [3.8, 4) is 0 Å². The summed E-state index contributed by atoms with van der Waals surface area (Å²) in [5, 5.41) is 0. The summed E-state index contributed by atoms with van der Waals surface area (Å²) >= 11 is 3.16. The summed E-state index contributed by atoms with van der Waals surface area (Å²) in [6.07, 6.45) is 1.73. The maximum Gasteiger partial charge on any atom is 0.446 e. The monoisotopic (exact) mass is 445 g/mol. The fourth-order valence-corrected chi connectivity index (χ4v) is 3.45. The molecule has 1 aliphatic rings. The standard InChI is InChI=1S/C17H15BrF3N3OS/c18-13-3-6-15(22-11-13)23-7-9-24(10-8-23)16(25)12-1-4-14(5-2-12)26-17(19,20)21/h1-6,11H,7-10H2. The highest BCUT2D eigenvalue weighted by molar-refractivity contribution is 9.10. The van der Waals surface area contributed by atoms with Gasteiger partial charge in [0.2, 0.25) is 0 Å². The molecular formula is C17H15BrF3N3OS. The zero-order valence-corrected chi connectivity index (χ0v) is 15.9. The Morgan fingerprint density at radius 1 is 1.04 bits per heavy atom. The van der Waals surface area contributed by atoms with E-state index in [4.69, 9.17) is 0 Å². The van der Waals surface area contributed by atoms with Crippen LogP contribution >= 0.6 is 27.7 Å². The van der Waals surface area contributed by atoms with Crippen LogP contribution in [0.4, 0.5) is 19.0 Å². The summed E-state index contributed by atoms with van der Waals surface area (Å²) < 4.78 is 38.0. The van der Waals surface area contributed by atoms with Gasteiger partial charge in [-0.05, 0) is 64.1 Å². The number of piperazine rings is 1. The van der Waals surface area contributed by atoms with E-state index in [-0.39, 0.29) is 22.6 Å². The molecule has 2 aromatic rings. The van der Waals surface area contributed by atoms with Gasteiger partial charge in [-0.1, -0.05) is 0 Å². The summed E-state index contributed by atoms with van der Waals surface area (Å²) in [7, 11) is 0. The highest BCUT2D eigenvalue weighted by Gasteiger charge is 2.29. The first-order valence-electron chi connectivity index (χ1n) is 7.83. The third-order valence-corrected chi connectivity index (χ3v) is 5.15. The molecule has 1 fully saturated rings.